The lowest BCUT2D eigenvalue weighted by atomic mass is 10.0. The molecule has 49 heavy (non-hydrogen) atoms. The fourth-order valence-corrected chi connectivity index (χ4v) is 22.6. The molecule has 0 unspecified atom stereocenters. The zero-order valence-electron chi connectivity index (χ0n) is 32.8. The quantitative estimate of drug-likeness (QED) is 0.0727. The third-order valence-electron chi connectivity index (χ3n) is 11.3. The maximum atomic E-state index is 4.04. The Morgan fingerprint density at radius 2 is 1.14 bits per heavy atom. The third-order valence-corrected chi connectivity index (χ3v) is 27.3. The van der Waals surface area contributed by atoms with Gasteiger partial charge in [-0.2, -0.15) is 0 Å². The highest BCUT2D eigenvalue weighted by atomic mass is 32.1. The molecule has 0 saturated carbocycles. The number of benzene rings is 1. The van der Waals surface area contributed by atoms with E-state index in [1.165, 1.54) is 72.0 Å². The Morgan fingerprint density at radius 1 is 0.612 bits per heavy atom. The number of hydrogen-bond acceptors (Lipinski definition) is 3. The molecule has 0 atom stereocenters. The van der Waals surface area contributed by atoms with E-state index in [4.69, 9.17) is 0 Å². The summed E-state index contributed by atoms with van der Waals surface area (Å²) < 4.78 is 2.71. The van der Waals surface area contributed by atoms with Gasteiger partial charge in [-0.15, -0.1) is 45.1 Å². The highest BCUT2D eigenvalue weighted by Gasteiger charge is 2.42. The highest BCUT2D eigenvalue weighted by molar-refractivity contribution is 7.29. The topological polar surface area (TPSA) is 0 Å². The lowest BCUT2D eigenvalue weighted by Gasteiger charge is -2.38. The van der Waals surface area contributed by atoms with Gasteiger partial charge >= 0.3 is 0 Å². The van der Waals surface area contributed by atoms with Gasteiger partial charge in [-0.3, -0.25) is 0 Å². The standard InChI is InChI=1S/C44H62S3Si2/c1-14-15-16-17-18-38-29-40(41(46-38)25-28-49(33(8)9,34(10)11)35(12)13)36-19-21-37(22-20-36)43-39(44-42(47-43)23-26-45-44)24-27-48(30(2)3,31(4)5)32(6)7/h19-23,26,29-35H,14-18H2,1-13H3. The minimum absolute atomic E-state index is 0.620. The van der Waals surface area contributed by atoms with Crippen molar-refractivity contribution in [1.82, 2.24) is 0 Å². The maximum absolute atomic E-state index is 4.04. The molecule has 3 heterocycles. The van der Waals surface area contributed by atoms with Gasteiger partial charge < -0.3 is 0 Å². The van der Waals surface area contributed by atoms with Crippen molar-refractivity contribution in [2.24, 2.45) is 0 Å². The normalized spacial score (nSPS) is 12.6. The minimum atomic E-state index is -1.85. The summed E-state index contributed by atoms with van der Waals surface area (Å²) in [5, 5.41) is 2.23. The van der Waals surface area contributed by atoms with Gasteiger partial charge in [-0.05, 0) is 74.7 Å². The third kappa shape index (κ3) is 8.29. The van der Waals surface area contributed by atoms with Gasteiger partial charge in [0.05, 0.1) is 20.0 Å². The van der Waals surface area contributed by atoms with E-state index in [0.29, 0.717) is 33.2 Å². The number of unbranched alkanes of at least 4 members (excludes halogenated alkanes) is 3. The number of hydrogen-bond donors (Lipinski definition) is 0. The Morgan fingerprint density at radius 3 is 1.67 bits per heavy atom. The monoisotopic (exact) mass is 742 g/mol. The molecule has 3 aromatic heterocycles. The van der Waals surface area contributed by atoms with E-state index in [2.05, 4.69) is 155 Å². The largest absolute Gasteiger partial charge is 0.146 e. The van der Waals surface area contributed by atoms with E-state index < -0.39 is 16.1 Å². The van der Waals surface area contributed by atoms with Crippen molar-refractivity contribution >= 4 is 59.6 Å². The second-order valence-corrected chi connectivity index (χ2v) is 30.3. The first-order valence-corrected chi connectivity index (χ1v) is 26.0. The molecule has 5 heteroatoms. The summed E-state index contributed by atoms with van der Waals surface area (Å²) in [4.78, 5) is 4.07. The Hall–Kier alpha value is -1.87. The molecule has 4 aromatic rings. The Balaban J connectivity index is 1.80. The van der Waals surface area contributed by atoms with E-state index in [1.54, 1.807) is 0 Å². The summed E-state index contributed by atoms with van der Waals surface area (Å²) in [6, 6.07) is 14.1. The van der Waals surface area contributed by atoms with E-state index >= 15 is 0 Å². The molecule has 0 fully saturated rings. The molecule has 264 valence electrons. The minimum Gasteiger partial charge on any atom is -0.142 e. The molecule has 0 nitrogen and oxygen atoms in total. The first-order valence-electron chi connectivity index (χ1n) is 19.0. The van der Waals surface area contributed by atoms with Crippen molar-refractivity contribution in [3.8, 4) is 44.5 Å². The lowest BCUT2D eigenvalue weighted by Crippen LogP contribution is -2.43. The fourth-order valence-electron chi connectivity index (χ4n) is 8.74. The van der Waals surface area contributed by atoms with Crippen LogP contribution in [0.2, 0.25) is 33.2 Å². The van der Waals surface area contributed by atoms with Crippen LogP contribution in [0.1, 0.15) is 131 Å². The van der Waals surface area contributed by atoms with Crippen molar-refractivity contribution in [3.63, 3.8) is 0 Å². The van der Waals surface area contributed by atoms with E-state index in [9.17, 15) is 0 Å². The van der Waals surface area contributed by atoms with Gasteiger partial charge in [-0.25, -0.2) is 0 Å². The molecule has 0 amide bonds. The van der Waals surface area contributed by atoms with Gasteiger partial charge in [0.1, 0.15) is 16.1 Å². The second-order valence-electron chi connectivity index (χ2n) is 16.1. The molecule has 0 bridgehead atoms. The first-order chi connectivity index (χ1) is 23.2. The molecule has 0 spiro atoms. The summed E-state index contributed by atoms with van der Waals surface area (Å²) in [5.74, 6) is 7.74. The molecule has 0 aliphatic heterocycles. The zero-order chi connectivity index (χ0) is 36.1. The SMILES string of the molecule is CCCCCCc1cc(-c2ccc(-c3sc4ccsc4c3C#C[Si](C(C)C)(C(C)C)C(C)C)cc2)c(C#C[Si](C(C)C)(C(C)C)C(C)C)s1. The van der Waals surface area contributed by atoms with Crippen LogP contribution in [0.25, 0.3) is 31.0 Å². The van der Waals surface area contributed by atoms with Crippen LogP contribution in [0, 0.1) is 22.9 Å². The Labute approximate surface area is 314 Å². The fraction of sp³-hybridized carbons (Fsp3) is 0.545. The molecule has 1 aromatic carbocycles. The summed E-state index contributed by atoms with van der Waals surface area (Å²) in [6.45, 7) is 31.2. The molecule has 0 saturated heterocycles. The van der Waals surface area contributed by atoms with E-state index in [1.807, 2.05) is 34.0 Å². The van der Waals surface area contributed by atoms with Crippen molar-refractivity contribution in [2.45, 2.75) is 155 Å². The van der Waals surface area contributed by atoms with Crippen LogP contribution in [0.5, 0.6) is 0 Å². The smallest absolute Gasteiger partial charge is 0.142 e. The van der Waals surface area contributed by atoms with Crippen molar-refractivity contribution < 1.29 is 0 Å². The van der Waals surface area contributed by atoms with Crippen LogP contribution < -0.4 is 0 Å². The Bertz CT molecular complexity index is 1740. The number of fused-ring (bicyclic) bond motifs is 1. The van der Waals surface area contributed by atoms with Crippen molar-refractivity contribution in [1.29, 1.82) is 0 Å². The predicted molar refractivity (Wildman–Crippen MR) is 232 cm³/mol. The van der Waals surface area contributed by atoms with E-state index in [-0.39, 0.29) is 0 Å². The second kappa shape index (κ2) is 17.1. The van der Waals surface area contributed by atoms with Crippen LogP contribution in [-0.4, -0.2) is 16.1 Å². The molecule has 4 rings (SSSR count). The summed E-state index contributed by atoms with van der Waals surface area (Å²) in [7, 11) is -3.69. The van der Waals surface area contributed by atoms with E-state index in [0.717, 1.165) is 6.42 Å². The zero-order valence-corrected chi connectivity index (χ0v) is 37.2. The average molecular weight is 743 g/mol. The van der Waals surface area contributed by atoms with Crippen molar-refractivity contribution in [3.05, 3.63) is 57.1 Å². The van der Waals surface area contributed by atoms with Gasteiger partial charge in [0, 0.05) is 15.1 Å². The Kier molecular flexibility index (Phi) is 13.9. The summed E-state index contributed by atoms with van der Waals surface area (Å²) >= 11 is 5.70. The molecular formula is C44H62S3Si2. The molecule has 0 N–H and O–H groups in total. The van der Waals surface area contributed by atoms with Gasteiger partial charge in [0.2, 0.25) is 0 Å². The van der Waals surface area contributed by atoms with Crippen LogP contribution in [0.3, 0.4) is 0 Å². The van der Waals surface area contributed by atoms with Gasteiger partial charge in [0.15, 0.2) is 0 Å². The van der Waals surface area contributed by atoms with Crippen LogP contribution in [-0.2, 0) is 6.42 Å². The predicted octanol–water partition coefficient (Wildman–Crippen LogP) is 15.6. The summed E-state index contributed by atoms with van der Waals surface area (Å²) in [6.07, 6.45) is 6.31. The van der Waals surface area contributed by atoms with Crippen LogP contribution >= 0.6 is 34.0 Å². The highest BCUT2D eigenvalue weighted by Crippen LogP contribution is 2.45. The molecule has 0 radical (unpaired) electrons. The van der Waals surface area contributed by atoms with Gasteiger partial charge in [-0.1, -0.05) is 145 Å². The maximum Gasteiger partial charge on any atom is 0.146 e. The van der Waals surface area contributed by atoms with Gasteiger partial charge in [0.25, 0.3) is 0 Å². The number of thiophene rings is 3. The molecule has 0 aliphatic carbocycles. The average Bonchev–Trinajstić information content (AvgIpc) is 3.75. The number of aryl methyl sites for hydroxylation is 1. The molecule has 0 aliphatic rings. The lowest BCUT2D eigenvalue weighted by molar-refractivity contribution is 0.670. The van der Waals surface area contributed by atoms with Crippen molar-refractivity contribution in [2.75, 3.05) is 0 Å². The van der Waals surface area contributed by atoms with Crippen LogP contribution in [0.15, 0.2) is 41.8 Å². The summed E-state index contributed by atoms with van der Waals surface area (Å²) in [5.41, 5.74) is 17.0. The first kappa shape index (κ1) is 39.9. The molecular weight excluding hydrogens is 681 g/mol. The number of rotatable bonds is 13. The van der Waals surface area contributed by atoms with Crippen LogP contribution in [0.4, 0.5) is 0 Å².